The minimum atomic E-state index is -0.150. The largest absolute Gasteiger partial charge is 0.323 e. The van der Waals surface area contributed by atoms with Crippen molar-refractivity contribution in [1.82, 2.24) is 0 Å². The van der Waals surface area contributed by atoms with Gasteiger partial charge in [-0.1, -0.05) is 47.5 Å². The monoisotopic (exact) mass is 375 g/mol. The molecule has 1 unspecified atom stereocenters. The highest BCUT2D eigenvalue weighted by Gasteiger charge is 2.13. The summed E-state index contributed by atoms with van der Waals surface area (Å²) in [6, 6.07) is 13.5. The van der Waals surface area contributed by atoms with Crippen molar-refractivity contribution in [3.05, 3.63) is 62.5 Å². The van der Waals surface area contributed by atoms with E-state index in [0.717, 1.165) is 20.7 Å². The summed E-state index contributed by atoms with van der Waals surface area (Å²) >= 11 is 17.4. The number of thioether (sulfide) groups is 1. The van der Waals surface area contributed by atoms with Crippen LogP contribution in [0.15, 0.2) is 51.8 Å². The van der Waals surface area contributed by atoms with Crippen molar-refractivity contribution in [2.75, 3.05) is 5.75 Å². The zero-order chi connectivity index (χ0) is 13.8. The van der Waals surface area contributed by atoms with Crippen LogP contribution >= 0.6 is 50.9 Å². The van der Waals surface area contributed by atoms with Gasteiger partial charge in [0.25, 0.3) is 0 Å². The molecule has 1 nitrogen and oxygen atoms in total. The van der Waals surface area contributed by atoms with Crippen LogP contribution in [-0.4, -0.2) is 5.75 Å². The van der Waals surface area contributed by atoms with Crippen molar-refractivity contribution in [3.63, 3.8) is 0 Å². The minimum Gasteiger partial charge on any atom is -0.323 e. The molecule has 0 bridgehead atoms. The lowest BCUT2D eigenvalue weighted by atomic mass is 10.1. The lowest BCUT2D eigenvalue weighted by molar-refractivity contribution is 0.831. The molecule has 0 amide bonds. The third-order valence-electron chi connectivity index (χ3n) is 2.64. The molecule has 0 radical (unpaired) electrons. The second-order valence-corrected chi connectivity index (χ2v) is 6.69. The van der Waals surface area contributed by atoms with E-state index in [1.54, 1.807) is 17.8 Å². The van der Waals surface area contributed by atoms with E-state index >= 15 is 0 Å². The van der Waals surface area contributed by atoms with Crippen LogP contribution in [0, 0.1) is 0 Å². The molecule has 0 aliphatic rings. The van der Waals surface area contributed by atoms with Crippen LogP contribution in [-0.2, 0) is 0 Å². The number of nitrogens with two attached hydrogens (primary N) is 1. The van der Waals surface area contributed by atoms with E-state index < -0.39 is 0 Å². The molecule has 100 valence electrons. The molecule has 2 N–H and O–H groups in total. The molecule has 0 aliphatic heterocycles. The van der Waals surface area contributed by atoms with Gasteiger partial charge in [-0.2, -0.15) is 0 Å². The minimum absolute atomic E-state index is 0.150. The Balaban J connectivity index is 2.08. The average Bonchev–Trinajstić information content (AvgIpc) is 2.40. The van der Waals surface area contributed by atoms with Gasteiger partial charge in [0.2, 0.25) is 0 Å². The molecule has 19 heavy (non-hydrogen) atoms. The first-order valence-electron chi connectivity index (χ1n) is 5.66. The molecule has 0 fully saturated rings. The van der Waals surface area contributed by atoms with Gasteiger partial charge in [0.05, 0.1) is 10.0 Å². The molecular weight excluding hydrogens is 365 g/mol. The third kappa shape index (κ3) is 3.89. The predicted molar refractivity (Wildman–Crippen MR) is 88.3 cm³/mol. The van der Waals surface area contributed by atoms with Crippen LogP contribution in [0.25, 0.3) is 0 Å². The summed E-state index contributed by atoms with van der Waals surface area (Å²) in [6.07, 6.45) is 0. The fourth-order valence-electron chi connectivity index (χ4n) is 1.64. The van der Waals surface area contributed by atoms with Crippen LogP contribution in [0.2, 0.25) is 10.0 Å². The molecule has 0 aliphatic carbocycles. The van der Waals surface area contributed by atoms with Crippen molar-refractivity contribution < 1.29 is 0 Å². The summed E-state index contributed by atoms with van der Waals surface area (Å²) in [5.41, 5.74) is 7.07. The molecule has 2 aromatic rings. The van der Waals surface area contributed by atoms with Crippen molar-refractivity contribution in [2.24, 2.45) is 5.73 Å². The molecule has 2 rings (SSSR count). The van der Waals surface area contributed by atoms with Gasteiger partial charge in [0.15, 0.2) is 0 Å². The summed E-state index contributed by atoms with van der Waals surface area (Å²) in [4.78, 5) is 1.16. The summed E-state index contributed by atoms with van der Waals surface area (Å²) in [7, 11) is 0. The molecule has 0 saturated carbocycles. The third-order valence-corrected chi connectivity index (χ3v) is 5.62. The summed E-state index contributed by atoms with van der Waals surface area (Å²) < 4.78 is 1.07. The Hall–Kier alpha value is -0.190. The predicted octanol–water partition coefficient (Wildman–Crippen LogP) is 5.55. The van der Waals surface area contributed by atoms with E-state index in [1.807, 2.05) is 30.3 Å². The lowest BCUT2D eigenvalue weighted by Crippen LogP contribution is -2.13. The van der Waals surface area contributed by atoms with Gasteiger partial charge in [-0.05, 0) is 39.7 Å². The quantitative estimate of drug-likeness (QED) is 0.708. The number of benzene rings is 2. The summed E-state index contributed by atoms with van der Waals surface area (Å²) in [6.45, 7) is 0. The van der Waals surface area contributed by atoms with Crippen LogP contribution in [0.3, 0.4) is 0 Å². The van der Waals surface area contributed by atoms with Crippen LogP contribution in [0.4, 0.5) is 0 Å². The number of hydrogen-bond donors (Lipinski definition) is 1. The number of hydrogen-bond acceptors (Lipinski definition) is 2. The van der Waals surface area contributed by atoms with Gasteiger partial charge < -0.3 is 5.73 Å². The van der Waals surface area contributed by atoms with Crippen molar-refractivity contribution in [2.45, 2.75) is 10.9 Å². The van der Waals surface area contributed by atoms with Gasteiger partial charge in [0, 0.05) is 21.2 Å². The molecular formula is C14H12BrCl2NS. The Morgan fingerprint density at radius 1 is 1.11 bits per heavy atom. The maximum atomic E-state index is 6.18. The van der Waals surface area contributed by atoms with Crippen molar-refractivity contribution >= 4 is 50.9 Å². The maximum absolute atomic E-state index is 6.18. The lowest BCUT2D eigenvalue weighted by Gasteiger charge is -2.14. The van der Waals surface area contributed by atoms with E-state index in [9.17, 15) is 0 Å². The first-order chi connectivity index (χ1) is 9.09. The summed E-state index contributed by atoms with van der Waals surface area (Å²) in [5, 5.41) is 1.09. The van der Waals surface area contributed by atoms with Crippen LogP contribution < -0.4 is 5.73 Å². The smallest absolute Gasteiger partial charge is 0.0640 e. The molecule has 2 aromatic carbocycles. The molecule has 0 heterocycles. The van der Waals surface area contributed by atoms with Gasteiger partial charge in [-0.25, -0.2) is 0 Å². The van der Waals surface area contributed by atoms with E-state index in [4.69, 9.17) is 28.9 Å². The topological polar surface area (TPSA) is 26.0 Å². The highest BCUT2D eigenvalue weighted by Crippen LogP contribution is 2.33. The maximum Gasteiger partial charge on any atom is 0.0640 e. The van der Waals surface area contributed by atoms with E-state index in [2.05, 4.69) is 22.0 Å². The zero-order valence-electron chi connectivity index (χ0n) is 9.95. The van der Waals surface area contributed by atoms with Gasteiger partial charge >= 0.3 is 0 Å². The molecule has 0 saturated heterocycles. The standard InChI is InChI=1S/C14H12BrCl2NS/c15-10-5-1-2-7-13(10)19-8-12(18)9-4-3-6-11(16)14(9)17/h1-7,12H,8,18H2. The Labute approximate surface area is 135 Å². The first-order valence-corrected chi connectivity index (χ1v) is 8.20. The van der Waals surface area contributed by atoms with E-state index in [-0.39, 0.29) is 6.04 Å². The normalized spacial score (nSPS) is 12.4. The van der Waals surface area contributed by atoms with Gasteiger partial charge in [-0.3, -0.25) is 0 Å². The molecule has 5 heteroatoms. The average molecular weight is 377 g/mol. The van der Waals surface area contributed by atoms with Gasteiger partial charge in [-0.15, -0.1) is 11.8 Å². The SMILES string of the molecule is NC(CSc1ccccc1Br)c1cccc(Cl)c1Cl. The van der Waals surface area contributed by atoms with Crippen LogP contribution in [0.1, 0.15) is 11.6 Å². The van der Waals surface area contributed by atoms with E-state index in [1.165, 1.54) is 0 Å². The van der Waals surface area contributed by atoms with E-state index in [0.29, 0.717) is 10.0 Å². The Bertz CT molecular complexity index is 577. The molecule has 1 atom stereocenters. The molecule has 0 spiro atoms. The fourth-order valence-corrected chi connectivity index (χ4v) is 3.63. The Kier molecular flexibility index (Phi) is 5.60. The highest BCUT2D eigenvalue weighted by atomic mass is 79.9. The molecule has 0 aromatic heterocycles. The highest BCUT2D eigenvalue weighted by molar-refractivity contribution is 9.10. The Morgan fingerprint density at radius 2 is 1.84 bits per heavy atom. The van der Waals surface area contributed by atoms with Crippen molar-refractivity contribution in [3.8, 4) is 0 Å². The second-order valence-electron chi connectivity index (χ2n) is 3.99. The fraction of sp³-hybridized carbons (Fsp3) is 0.143. The second kappa shape index (κ2) is 7.00. The Morgan fingerprint density at radius 3 is 2.58 bits per heavy atom. The zero-order valence-corrected chi connectivity index (χ0v) is 13.9. The number of rotatable bonds is 4. The summed E-state index contributed by atoms with van der Waals surface area (Å²) in [5.74, 6) is 0.739. The van der Waals surface area contributed by atoms with Crippen LogP contribution in [0.5, 0.6) is 0 Å². The first kappa shape index (κ1) is 15.2. The van der Waals surface area contributed by atoms with Gasteiger partial charge in [0.1, 0.15) is 0 Å². The van der Waals surface area contributed by atoms with Crippen molar-refractivity contribution in [1.29, 1.82) is 0 Å². The number of halogens is 3.